The fourth-order valence-electron chi connectivity index (χ4n) is 0.442. The molecule has 0 aromatic carbocycles. The van der Waals surface area contributed by atoms with Crippen LogP contribution < -0.4 is 5.73 Å². The van der Waals surface area contributed by atoms with E-state index in [9.17, 15) is 4.79 Å². The van der Waals surface area contributed by atoms with Gasteiger partial charge in [-0.2, -0.15) is 0 Å². The average molecular weight is 189 g/mol. The molecule has 0 saturated carbocycles. The zero-order valence-corrected chi connectivity index (χ0v) is 7.54. The average Bonchev–Trinajstić information content (AvgIpc) is 2.31. The molecule has 0 saturated heterocycles. The molecule has 60 valence electrons. The molecule has 0 bridgehead atoms. The molecular formula is C5H7N3OS2. The largest absolute Gasteiger partial charge is 0.374 e. The third-order valence-electron chi connectivity index (χ3n) is 0.821. The van der Waals surface area contributed by atoms with Crippen molar-refractivity contribution in [2.75, 3.05) is 11.5 Å². The second-order valence-electron chi connectivity index (χ2n) is 1.90. The number of thioether (sulfide) groups is 1. The summed E-state index contributed by atoms with van der Waals surface area (Å²) < 4.78 is 0.748. The summed E-state index contributed by atoms with van der Waals surface area (Å²) in [5.41, 5.74) is 5.33. The lowest BCUT2D eigenvalue weighted by Crippen LogP contribution is -1.92. The van der Waals surface area contributed by atoms with E-state index < -0.39 is 0 Å². The Hall–Kier alpha value is -0.620. The number of hydrogen-bond acceptors (Lipinski definition) is 6. The third-order valence-corrected chi connectivity index (χ3v) is 2.85. The van der Waals surface area contributed by atoms with Gasteiger partial charge in [0.1, 0.15) is 5.78 Å². The maximum atomic E-state index is 10.5. The van der Waals surface area contributed by atoms with E-state index in [1.165, 1.54) is 30.0 Å². The van der Waals surface area contributed by atoms with Crippen molar-refractivity contribution >= 4 is 34.0 Å². The summed E-state index contributed by atoms with van der Waals surface area (Å²) in [5.74, 6) is 0.568. The molecule has 11 heavy (non-hydrogen) atoms. The Morgan fingerprint density at radius 1 is 1.73 bits per heavy atom. The molecule has 0 atom stereocenters. The van der Waals surface area contributed by atoms with Gasteiger partial charge < -0.3 is 5.73 Å². The van der Waals surface area contributed by atoms with Gasteiger partial charge in [0.15, 0.2) is 4.34 Å². The minimum atomic E-state index is 0.128. The predicted octanol–water partition coefficient (Wildman–Crippen LogP) is 0.801. The summed E-state index contributed by atoms with van der Waals surface area (Å²) in [6.07, 6.45) is 0. The van der Waals surface area contributed by atoms with Crippen molar-refractivity contribution in [2.45, 2.75) is 11.3 Å². The Morgan fingerprint density at radius 3 is 2.91 bits per heavy atom. The highest BCUT2D eigenvalue weighted by atomic mass is 32.2. The van der Waals surface area contributed by atoms with Crippen LogP contribution in [0.1, 0.15) is 6.92 Å². The lowest BCUT2D eigenvalue weighted by molar-refractivity contribution is -0.114. The van der Waals surface area contributed by atoms with Crippen LogP contribution in [0.3, 0.4) is 0 Å². The highest BCUT2D eigenvalue weighted by Crippen LogP contribution is 2.22. The lowest BCUT2D eigenvalue weighted by atomic mass is 10.5. The van der Waals surface area contributed by atoms with Crippen LogP contribution in [0.5, 0.6) is 0 Å². The quantitative estimate of drug-likeness (QED) is 0.712. The minimum absolute atomic E-state index is 0.128. The van der Waals surface area contributed by atoms with Gasteiger partial charge in [0.25, 0.3) is 0 Å². The van der Waals surface area contributed by atoms with Crippen molar-refractivity contribution in [3.05, 3.63) is 0 Å². The van der Waals surface area contributed by atoms with E-state index in [-0.39, 0.29) is 5.78 Å². The van der Waals surface area contributed by atoms with Crippen LogP contribution in [0.25, 0.3) is 0 Å². The van der Waals surface area contributed by atoms with Gasteiger partial charge in [-0.15, -0.1) is 10.2 Å². The van der Waals surface area contributed by atoms with Crippen molar-refractivity contribution in [3.63, 3.8) is 0 Å². The van der Waals surface area contributed by atoms with Gasteiger partial charge in [0, 0.05) is 0 Å². The summed E-state index contributed by atoms with van der Waals surface area (Å²) >= 11 is 2.66. The smallest absolute Gasteiger partial charge is 0.203 e. The van der Waals surface area contributed by atoms with Gasteiger partial charge in [0.05, 0.1) is 5.75 Å². The second kappa shape index (κ2) is 3.68. The van der Waals surface area contributed by atoms with E-state index in [1.807, 2.05) is 0 Å². The van der Waals surface area contributed by atoms with Crippen molar-refractivity contribution in [1.82, 2.24) is 10.2 Å². The predicted molar refractivity (Wildman–Crippen MR) is 45.7 cm³/mol. The first kappa shape index (κ1) is 8.48. The molecule has 1 aromatic heterocycles. The molecule has 6 heteroatoms. The first-order valence-electron chi connectivity index (χ1n) is 2.89. The van der Waals surface area contributed by atoms with Gasteiger partial charge in [-0.1, -0.05) is 23.1 Å². The van der Waals surface area contributed by atoms with Crippen LogP contribution in [0.15, 0.2) is 4.34 Å². The number of rotatable bonds is 3. The number of nitrogens with zero attached hydrogens (tertiary/aromatic N) is 2. The number of Topliss-reactive ketones (excluding diaryl/α,β-unsaturated/α-hetero) is 1. The van der Waals surface area contributed by atoms with E-state index in [1.54, 1.807) is 0 Å². The zero-order chi connectivity index (χ0) is 8.27. The Balaban J connectivity index is 2.45. The number of nitrogen functional groups attached to an aromatic ring is 1. The van der Waals surface area contributed by atoms with Crippen molar-refractivity contribution < 1.29 is 4.79 Å². The number of anilines is 1. The van der Waals surface area contributed by atoms with Crippen LogP contribution in [0.4, 0.5) is 5.13 Å². The fraction of sp³-hybridized carbons (Fsp3) is 0.400. The third kappa shape index (κ3) is 2.85. The van der Waals surface area contributed by atoms with Crippen molar-refractivity contribution in [1.29, 1.82) is 0 Å². The number of nitrogens with two attached hydrogens (primary N) is 1. The standard InChI is InChI=1S/C5H7N3OS2/c1-3(9)2-10-5-8-7-4(6)11-5/h2H2,1H3,(H2,6,7). The monoisotopic (exact) mass is 189 g/mol. The number of aromatic nitrogens is 2. The normalized spacial score (nSPS) is 9.91. The molecule has 0 radical (unpaired) electrons. The molecule has 1 rings (SSSR count). The highest BCUT2D eigenvalue weighted by Gasteiger charge is 2.02. The van der Waals surface area contributed by atoms with Crippen LogP contribution in [-0.4, -0.2) is 21.7 Å². The Labute approximate surface area is 72.2 Å². The minimum Gasteiger partial charge on any atom is -0.374 e. The van der Waals surface area contributed by atoms with E-state index in [0.717, 1.165) is 4.34 Å². The number of hydrogen-bond donors (Lipinski definition) is 1. The first-order chi connectivity index (χ1) is 5.18. The first-order valence-corrected chi connectivity index (χ1v) is 4.70. The van der Waals surface area contributed by atoms with Gasteiger partial charge in [-0.05, 0) is 6.92 Å². The molecule has 4 nitrogen and oxygen atoms in total. The van der Waals surface area contributed by atoms with Gasteiger partial charge >= 0.3 is 0 Å². The number of carbonyl (C=O) groups is 1. The van der Waals surface area contributed by atoms with E-state index in [2.05, 4.69) is 10.2 Å². The van der Waals surface area contributed by atoms with Crippen LogP contribution in [-0.2, 0) is 4.79 Å². The topological polar surface area (TPSA) is 68.9 Å². The van der Waals surface area contributed by atoms with Crippen molar-refractivity contribution in [2.24, 2.45) is 0 Å². The zero-order valence-electron chi connectivity index (χ0n) is 5.90. The molecule has 0 unspecified atom stereocenters. The number of ketones is 1. The maximum Gasteiger partial charge on any atom is 0.203 e. The van der Waals surface area contributed by atoms with E-state index >= 15 is 0 Å². The summed E-state index contributed by atoms with van der Waals surface area (Å²) in [7, 11) is 0. The fourth-order valence-corrected chi connectivity index (χ4v) is 1.88. The molecule has 0 amide bonds. The lowest BCUT2D eigenvalue weighted by Gasteiger charge is -1.88. The maximum absolute atomic E-state index is 10.5. The molecule has 0 spiro atoms. The Bertz CT molecular complexity index is 260. The molecule has 2 N–H and O–H groups in total. The molecule has 0 aliphatic rings. The molecule has 1 aromatic rings. The molecule has 0 fully saturated rings. The van der Waals surface area contributed by atoms with Crippen LogP contribution >= 0.6 is 23.1 Å². The highest BCUT2D eigenvalue weighted by molar-refractivity contribution is 8.01. The molecular weight excluding hydrogens is 182 g/mol. The Morgan fingerprint density at radius 2 is 2.45 bits per heavy atom. The van der Waals surface area contributed by atoms with Crippen LogP contribution in [0.2, 0.25) is 0 Å². The molecule has 0 aliphatic heterocycles. The Kier molecular flexibility index (Phi) is 2.84. The summed E-state index contributed by atoms with van der Waals surface area (Å²) in [6.45, 7) is 1.54. The van der Waals surface area contributed by atoms with Gasteiger partial charge in [0.2, 0.25) is 5.13 Å². The molecule has 0 aliphatic carbocycles. The van der Waals surface area contributed by atoms with Gasteiger partial charge in [-0.3, -0.25) is 4.79 Å². The molecule has 1 heterocycles. The van der Waals surface area contributed by atoms with E-state index in [0.29, 0.717) is 10.9 Å². The van der Waals surface area contributed by atoms with E-state index in [4.69, 9.17) is 5.73 Å². The SMILES string of the molecule is CC(=O)CSc1nnc(N)s1. The van der Waals surface area contributed by atoms with Crippen molar-refractivity contribution in [3.8, 4) is 0 Å². The van der Waals surface area contributed by atoms with Crippen LogP contribution in [0, 0.1) is 0 Å². The number of carbonyl (C=O) groups excluding carboxylic acids is 1. The summed E-state index contributed by atoms with van der Waals surface area (Å²) in [5, 5.41) is 7.79. The second-order valence-corrected chi connectivity index (χ2v) is 4.13. The summed E-state index contributed by atoms with van der Waals surface area (Å²) in [6, 6.07) is 0. The summed E-state index contributed by atoms with van der Waals surface area (Å²) in [4.78, 5) is 10.5. The van der Waals surface area contributed by atoms with Gasteiger partial charge in [-0.25, -0.2) is 0 Å².